The second kappa shape index (κ2) is 18.4. The summed E-state index contributed by atoms with van der Waals surface area (Å²) in [7, 11) is 0. The van der Waals surface area contributed by atoms with Gasteiger partial charge in [0.1, 0.15) is 18.1 Å². The van der Waals surface area contributed by atoms with Gasteiger partial charge in [-0.25, -0.2) is 4.79 Å². The Morgan fingerprint density at radius 3 is 1.89 bits per heavy atom. The van der Waals surface area contributed by atoms with Gasteiger partial charge in [0.2, 0.25) is 17.7 Å². The lowest BCUT2D eigenvalue weighted by atomic mass is 10.0. The molecule has 18 nitrogen and oxygen atoms in total. The van der Waals surface area contributed by atoms with Crippen LogP contribution in [0, 0.1) is 0 Å². The molecular formula is C28H43N11O7. The molecule has 4 unspecified atom stereocenters. The molecule has 0 bridgehead atoms. The molecule has 0 aliphatic carbocycles. The number of nitrogens with zero attached hydrogens (tertiary/aromatic N) is 2. The number of benzene rings is 1. The summed E-state index contributed by atoms with van der Waals surface area (Å²) < 4.78 is 0. The summed E-state index contributed by atoms with van der Waals surface area (Å²) in [6, 6.07) is 2.27. The van der Waals surface area contributed by atoms with Gasteiger partial charge in [0.25, 0.3) is 0 Å². The quantitative estimate of drug-likeness (QED) is 0.0406. The summed E-state index contributed by atoms with van der Waals surface area (Å²) in [6.45, 7) is 0.278. The topological polar surface area (TPSA) is 333 Å². The van der Waals surface area contributed by atoms with E-state index in [0.29, 0.717) is 5.56 Å². The lowest BCUT2D eigenvalue weighted by molar-refractivity contribution is -0.142. The van der Waals surface area contributed by atoms with Crippen molar-refractivity contribution in [3.63, 3.8) is 0 Å². The molecule has 16 N–H and O–H groups in total. The Bertz CT molecular complexity index is 1420. The van der Waals surface area contributed by atoms with Crippen LogP contribution >= 0.6 is 0 Å². The maximum absolute atomic E-state index is 13.6. The SMILES string of the molecule is NC(N)=NCCCC(NC(=O)C(Cc1c[nH]c2ccccc12)NC(=O)C(CCCN=C(N)N)NC(=O)C(N)CCC(=O)O)C(=O)O. The number of amides is 3. The Kier molecular flexibility index (Phi) is 14.7. The number of hydrogen-bond donors (Lipinski definition) is 11. The highest BCUT2D eigenvalue weighted by molar-refractivity contribution is 5.95. The zero-order chi connectivity index (χ0) is 34.2. The molecule has 46 heavy (non-hydrogen) atoms. The van der Waals surface area contributed by atoms with E-state index in [1.165, 1.54) is 0 Å². The summed E-state index contributed by atoms with van der Waals surface area (Å²) in [5.41, 5.74) is 28.7. The molecule has 3 amide bonds. The number of aliphatic imine (C=N–C) groups is 2. The van der Waals surface area contributed by atoms with Gasteiger partial charge in [-0.15, -0.1) is 0 Å². The minimum atomic E-state index is -1.31. The minimum Gasteiger partial charge on any atom is -0.481 e. The zero-order valence-electron chi connectivity index (χ0n) is 25.3. The van der Waals surface area contributed by atoms with Crippen molar-refractivity contribution in [2.75, 3.05) is 13.1 Å². The number of carbonyl (C=O) groups excluding carboxylic acids is 3. The molecule has 0 aliphatic rings. The summed E-state index contributed by atoms with van der Waals surface area (Å²) in [5, 5.41) is 27.1. The molecule has 1 heterocycles. The predicted molar refractivity (Wildman–Crippen MR) is 170 cm³/mol. The number of rotatable bonds is 20. The Labute approximate surface area is 264 Å². The van der Waals surface area contributed by atoms with Gasteiger partial charge < -0.3 is 59.8 Å². The average molecular weight is 646 g/mol. The summed E-state index contributed by atoms with van der Waals surface area (Å²) in [6.07, 6.45) is 1.64. The Balaban J connectivity index is 2.31. The fraction of sp³-hybridized carbons (Fsp3) is 0.464. The summed E-state index contributed by atoms with van der Waals surface area (Å²) in [5.74, 6) is -5.07. The van der Waals surface area contributed by atoms with Crippen LogP contribution in [-0.4, -0.2) is 94.0 Å². The van der Waals surface area contributed by atoms with Gasteiger partial charge in [0, 0.05) is 43.0 Å². The van der Waals surface area contributed by atoms with E-state index in [2.05, 4.69) is 30.9 Å². The molecule has 0 radical (unpaired) electrons. The predicted octanol–water partition coefficient (Wildman–Crippen LogP) is -2.45. The molecule has 18 heteroatoms. The first-order valence-electron chi connectivity index (χ1n) is 14.6. The van der Waals surface area contributed by atoms with Crippen molar-refractivity contribution in [2.24, 2.45) is 38.7 Å². The van der Waals surface area contributed by atoms with Crippen LogP contribution in [0.1, 0.15) is 44.1 Å². The monoisotopic (exact) mass is 645 g/mol. The first kappa shape index (κ1) is 36.8. The molecular weight excluding hydrogens is 602 g/mol. The first-order valence-corrected chi connectivity index (χ1v) is 14.6. The second-order valence-electron chi connectivity index (χ2n) is 10.5. The first-order chi connectivity index (χ1) is 21.8. The molecule has 0 fully saturated rings. The molecule has 2 aromatic rings. The highest BCUT2D eigenvalue weighted by Gasteiger charge is 2.31. The van der Waals surface area contributed by atoms with Crippen molar-refractivity contribution in [2.45, 2.75) is 69.1 Å². The third-order valence-corrected chi connectivity index (χ3v) is 6.88. The molecule has 252 valence electrons. The third kappa shape index (κ3) is 12.7. The van der Waals surface area contributed by atoms with Crippen molar-refractivity contribution in [1.29, 1.82) is 0 Å². The molecule has 0 aliphatic heterocycles. The number of fused-ring (bicyclic) bond motifs is 1. The number of para-hydroxylation sites is 1. The number of aromatic nitrogens is 1. The van der Waals surface area contributed by atoms with Crippen LogP contribution in [0.3, 0.4) is 0 Å². The lowest BCUT2D eigenvalue weighted by Crippen LogP contribution is -2.57. The lowest BCUT2D eigenvalue weighted by Gasteiger charge is -2.25. The molecule has 0 spiro atoms. The Morgan fingerprint density at radius 1 is 0.761 bits per heavy atom. The van der Waals surface area contributed by atoms with E-state index < -0.39 is 53.8 Å². The van der Waals surface area contributed by atoms with Crippen LogP contribution in [-0.2, 0) is 30.4 Å². The Hall–Kier alpha value is -5.39. The number of carbonyl (C=O) groups is 5. The van der Waals surface area contributed by atoms with Gasteiger partial charge in [-0.05, 0) is 43.7 Å². The van der Waals surface area contributed by atoms with Crippen LogP contribution < -0.4 is 44.6 Å². The van der Waals surface area contributed by atoms with E-state index in [1.54, 1.807) is 12.3 Å². The van der Waals surface area contributed by atoms with Crippen LogP contribution in [0.15, 0.2) is 40.4 Å². The van der Waals surface area contributed by atoms with Gasteiger partial charge in [-0.2, -0.15) is 0 Å². The molecule has 2 rings (SSSR count). The smallest absolute Gasteiger partial charge is 0.326 e. The van der Waals surface area contributed by atoms with Crippen molar-refractivity contribution < 1.29 is 34.2 Å². The average Bonchev–Trinajstić information content (AvgIpc) is 3.40. The molecule has 4 atom stereocenters. The normalized spacial score (nSPS) is 13.4. The van der Waals surface area contributed by atoms with Gasteiger partial charge in [-0.1, -0.05) is 18.2 Å². The maximum Gasteiger partial charge on any atom is 0.326 e. The number of H-pyrrole nitrogens is 1. The van der Waals surface area contributed by atoms with Gasteiger partial charge in [-0.3, -0.25) is 29.2 Å². The number of aliphatic carboxylic acids is 2. The van der Waals surface area contributed by atoms with E-state index >= 15 is 0 Å². The number of hydrogen-bond acceptors (Lipinski definition) is 8. The fourth-order valence-corrected chi connectivity index (χ4v) is 4.50. The van der Waals surface area contributed by atoms with Gasteiger partial charge >= 0.3 is 11.9 Å². The van der Waals surface area contributed by atoms with E-state index in [1.807, 2.05) is 18.2 Å². The van der Waals surface area contributed by atoms with Crippen molar-refractivity contribution in [1.82, 2.24) is 20.9 Å². The van der Waals surface area contributed by atoms with Crippen molar-refractivity contribution in [3.05, 3.63) is 36.0 Å². The standard InChI is InChI=1S/C28H43N11O7/c29-17(9-10-22(40)41)23(42)37-19(7-3-11-34-27(30)31)24(43)39-21(13-15-14-36-18-6-2-1-5-16(15)18)25(44)38-20(26(45)46)8-4-12-35-28(32)33/h1-2,5-6,14,17,19-21,36H,3-4,7-13,29H2,(H,37,42)(H,38,44)(H,39,43)(H,40,41)(H,45,46)(H4,30,31,34)(H4,32,33,35). The number of aromatic amines is 1. The van der Waals surface area contributed by atoms with Gasteiger partial charge in [0.15, 0.2) is 11.9 Å². The van der Waals surface area contributed by atoms with Crippen LogP contribution in [0.2, 0.25) is 0 Å². The van der Waals surface area contributed by atoms with Crippen molar-refractivity contribution in [3.8, 4) is 0 Å². The van der Waals surface area contributed by atoms with E-state index in [9.17, 15) is 29.1 Å². The molecule has 1 aromatic carbocycles. The van der Waals surface area contributed by atoms with Crippen LogP contribution in [0.4, 0.5) is 0 Å². The van der Waals surface area contributed by atoms with Crippen LogP contribution in [0.25, 0.3) is 10.9 Å². The third-order valence-electron chi connectivity index (χ3n) is 6.88. The molecule has 0 saturated heterocycles. The number of nitrogens with two attached hydrogens (primary N) is 5. The maximum atomic E-state index is 13.6. The molecule has 0 saturated carbocycles. The van der Waals surface area contributed by atoms with Crippen molar-refractivity contribution >= 4 is 52.5 Å². The van der Waals surface area contributed by atoms with E-state index in [0.717, 1.165) is 10.9 Å². The fourth-order valence-electron chi connectivity index (χ4n) is 4.50. The number of nitrogens with one attached hydrogen (secondary N) is 4. The van der Waals surface area contributed by atoms with Gasteiger partial charge in [0.05, 0.1) is 6.04 Å². The minimum absolute atomic E-state index is 0.00328. The van der Waals surface area contributed by atoms with E-state index in [4.69, 9.17) is 33.8 Å². The number of carboxylic acids is 2. The number of guanidine groups is 2. The zero-order valence-corrected chi connectivity index (χ0v) is 25.3. The summed E-state index contributed by atoms with van der Waals surface area (Å²) in [4.78, 5) is 73.6. The molecule has 1 aromatic heterocycles. The Morgan fingerprint density at radius 2 is 1.30 bits per heavy atom. The number of carboxylic acid groups (broad SMARTS) is 2. The highest BCUT2D eigenvalue weighted by Crippen LogP contribution is 2.19. The summed E-state index contributed by atoms with van der Waals surface area (Å²) >= 11 is 0. The highest BCUT2D eigenvalue weighted by atomic mass is 16.4. The van der Waals surface area contributed by atoms with Crippen LogP contribution in [0.5, 0.6) is 0 Å². The largest absolute Gasteiger partial charge is 0.481 e. The second-order valence-corrected chi connectivity index (χ2v) is 10.5. The van der Waals surface area contributed by atoms with E-state index in [-0.39, 0.29) is 70.0 Å².